The van der Waals surface area contributed by atoms with E-state index in [1.54, 1.807) is 0 Å². The second kappa shape index (κ2) is 4.71. The van der Waals surface area contributed by atoms with Gasteiger partial charge < -0.3 is 4.57 Å². The number of hydrogen-bond acceptors (Lipinski definition) is 1. The van der Waals surface area contributed by atoms with Crippen molar-refractivity contribution in [3.05, 3.63) is 65.3 Å². The van der Waals surface area contributed by atoms with Crippen LogP contribution in [0.25, 0.3) is 33.1 Å². The van der Waals surface area contributed by atoms with Crippen LogP contribution in [0.1, 0.15) is 0 Å². The molecule has 2 aromatic carbocycles. The molecule has 0 aliphatic rings. The topological polar surface area (TPSA) is 17.8 Å². The van der Waals surface area contributed by atoms with Gasteiger partial charge in [-0.1, -0.05) is 40.2 Å². The Kier molecular flexibility index (Phi) is 2.82. The van der Waals surface area contributed by atoms with Crippen molar-refractivity contribution in [3.8, 4) is 11.3 Å². The summed E-state index contributed by atoms with van der Waals surface area (Å²) in [7, 11) is 2.07. The number of hydrogen-bond donors (Lipinski definition) is 0. The molecule has 0 aliphatic carbocycles. The van der Waals surface area contributed by atoms with Crippen LogP contribution in [0.3, 0.4) is 0 Å². The molecule has 0 unspecified atom stereocenters. The molecule has 0 amide bonds. The molecule has 0 atom stereocenters. The summed E-state index contributed by atoms with van der Waals surface area (Å²) >= 11 is 3.56. The van der Waals surface area contributed by atoms with Crippen molar-refractivity contribution in [3.63, 3.8) is 0 Å². The van der Waals surface area contributed by atoms with Crippen LogP contribution in [-0.4, -0.2) is 9.55 Å². The first-order chi connectivity index (χ1) is 10.2. The highest BCUT2D eigenvalue weighted by atomic mass is 79.9. The zero-order valence-corrected chi connectivity index (χ0v) is 13.1. The molecule has 21 heavy (non-hydrogen) atoms. The second-order valence-corrected chi connectivity index (χ2v) is 6.12. The Bertz CT molecular complexity index is 969. The van der Waals surface area contributed by atoms with E-state index in [4.69, 9.17) is 4.98 Å². The van der Waals surface area contributed by atoms with Gasteiger partial charge in [0, 0.05) is 39.6 Å². The van der Waals surface area contributed by atoms with Gasteiger partial charge in [-0.25, -0.2) is 4.98 Å². The van der Waals surface area contributed by atoms with Crippen molar-refractivity contribution < 1.29 is 0 Å². The van der Waals surface area contributed by atoms with Crippen LogP contribution in [0, 0.1) is 0 Å². The van der Waals surface area contributed by atoms with E-state index < -0.39 is 0 Å². The number of rotatable bonds is 1. The fourth-order valence-electron chi connectivity index (χ4n) is 2.78. The normalized spacial score (nSPS) is 11.3. The zero-order chi connectivity index (χ0) is 14.4. The van der Waals surface area contributed by atoms with Crippen LogP contribution >= 0.6 is 15.9 Å². The number of benzene rings is 2. The molecule has 3 heteroatoms. The van der Waals surface area contributed by atoms with E-state index in [-0.39, 0.29) is 0 Å². The van der Waals surface area contributed by atoms with E-state index in [2.05, 4.69) is 76.2 Å². The van der Waals surface area contributed by atoms with Gasteiger partial charge in [-0.15, -0.1) is 0 Å². The van der Waals surface area contributed by atoms with E-state index in [0.29, 0.717) is 0 Å². The maximum absolute atomic E-state index is 4.81. The second-order valence-electron chi connectivity index (χ2n) is 5.20. The number of aromatic nitrogens is 2. The lowest BCUT2D eigenvalue weighted by molar-refractivity contribution is 0.969. The highest BCUT2D eigenvalue weighted by Crippen LogP contribution is 2.32. The standard InChI is InChI=1S/C18H13BrN2/c1-21-11-15(14-10-13(19)7-9-18(14)21)17-8-6-12-4-2-3-5-16(12)20-17/h2-11H,1H3. The SMILES string of the molecule is Cn1cc(-c2ccc3ccccc3n2)c2cc(Br)ccc21. The fourth-order valence-corrected chi connectivity index (χ4v) is 3.15. The molecule has 0 fully saturated rings. The van der Waals surface area contributed by atoms with Crippen LogP contribution in [0.5, 0.6) is 0 Å². The third-order valence-electron chi connectivity index (χ3n) is 3.83. The Hall–Kier alpha value is -2.13. The molecular weight excluding hydrogens is 324 g/mol. The number of aryl methyl sites for hydroxylation is 1. The van der Waals surface area contributed by atoms with E-state index >= 15 is 0 Å². The van der Waals surface area contributed by atoms with Crippen LogP contribution < -0.4 is 0 Å². The Balaban J connectivity index is 2.01. The van der Waals surface area contributed by atoms with Gasteiger partial charge in [0.2, 0.25) is 0 Å². The Morgan fingerprint density at radius 1 is 1.00 bits per heavy atom. The summed E-state index contributed by atoms with van der Waals surface area (Å²) in [4.78, 5) is 4.81. The quantitative estimate of drug-likeness (QED) is 0.469. The van der Waals surface area contributed by atoms with Crippen LogP contribution in [0.4, 0.5) is 0 Å². The van der Waals surface area contributed by atoms with E-state index in [0.717, 1.165) is 15.7 Å². The van der Waals surface area contributed by atoms with Gasteiger partial charge in [0.1, 0.15) is 0 Å². The molecule has 0 spiro atoms. The molecule has 2 aromatic heterocycles. The summed E-state index contributed by atoms with van der Waals surface area (Å²) in [5.74, 6) is 0. The van der Waals surface area contributed by atoms with E-state index in [1.165, 1.54) is 21.9 Å². The van der Waals surface area contributed by atoms with E-state index in [1.807, 2.05) is 12.1 Å². The summed E-state index contributed by atoms with van der Waals surface area (Å²) < 4.78 is 3.23. The summed E-state index contributed by atoms with van der Waals surface area (Å²) in [6.45, 7) is 0. The molecule has 0 saturated heterocycles. The molecule has 4 rings (SSSR count). The third kappa shape index (κ3) is 2.05. The monoisotopic (exact) mass is 336 g/mol. The smallest absolute Gasteiger partial charge is 0.0731 e. The van der Waals surface area contributed by atoms with Gasteiger partial charge in [0.15, 0.2) is 0 Å². The fraction of sp³-hybridized carbons (Fsp3) is 0.0556. The molecule has 0 bridgehead atoms. The predicted molar refractivity (Wildman–Crippen MR) is 91.4 cm³/mol. The van der Waals surface area contributed by atoms with Gasteiger partial charge in [-0.05, 0) is 30.3 Å². The first-order valence-electron chi connectivity index (χ1n) is 6.83. The molecular formula is C18H13BrN2. The highest BCUT2D eigenvalue weighted by Gasteiger charge is 2.10. The number of halogens is 1. The van der Waals surface area contributed by atoms with Gasteiger partial charge in [-0.2, -0.15) is 0 Å². The van der Waals surface area contributed by atoms with Crippen molar-refractivity contribution in [2.45, 2.75) is 0 Å². The van der Waals surface area contributed by atoms with Crippen molar-refractivity contribution in [1.29, 1.82) is 0 Å². The molecule has 0 N–H and O–H groups in total. The lowest BCUT2D eigenvalue weighted by Gasteiger charge is -2.02. The van der Waals surface area contributed by atoms with Crippen LogP contribution in [0.2, 0.25) is 0 Å². The Morgan fingerprint density at radius 2 is 1.86 bits per heavy atom. The summed E-state index contributed by atoms with van der Waals surface area (Å²) in [6, 6.07) is 18.8. The number of para-hydroxylation sites is 1. The highest BCUT2D eigenvalue weighted by molar-refractivity contribution is 9.10. The minimum atomic E-state index is 1.01. The average molecular weight is 337 g/mol. The Labute approximate surface area is 131 Å². The zero-order valence-electron chi connectivity index (χ0n) is 11.5. The van der Waals surface area contributed by atoms with E-state index in [9.17, 15) is 0 Å². The van der Waals surface area contributed by atoms with Crippen LogP contribution in [0.15, 0.2) is 65.3 Å². The Morgan fingerprint density at radius 3 is 2.76 bits per heavy atom. The average Bonchev–Trinajstić information content (AvgIpc) is 2.83. The molecule has 102 valence electrons. The molecule has 0 saturated carbocycles. The molecule has 0 aliphatic heterocycles. The van der Waals surface area contributed by atoms with Gasteiger partial charge >= 0.3 is 0 Å². The lowest BCUT2D eigenvalue weighted by Crippen LogP contribution is -1.84. The number of pyridine rings is 1. The summed E-state index contributed by atoms with van der Waals surface area (Å²) in [5, 5.41) is 2.39. The number of fused-ring (bicyclic) bond motifs is 2. The third-order valence-corrected chi connectivity index (χ3v) is 4.32. The largest absolute Gasteiger partial charge is 0.350 e. The lowest BCUT2D eigenvalue weighted by atomic mass is 10.1. The molecule has 2 nitrogen and oxygen atoms in total. The van der Waals surface area contributed by atoms with Gasteiger partial charge in [-0.3, -0.25) is 0 Å². The minimum absolute atomic E-state index is 1.01. The van der Waals surface area contributed by atoms with Crippen molar-refractivity contribution in [2.75, 3.05) is 0 Å². The molecule has 2 heterocycles. The van der Waals surface area contributed by atoms with Crippen molar-refractivity contribution in [1.82, 2.24) is 9.55 Å². The maximum atomic E-state index is 4.81. The van der Waals surface area contributed by atoms with Crippen LogP contribution in [-0.2, 0) is 7.05 Å². The molecule has 4 aromatic rings. The first kappa shape index (κ1) is 12.6. The number of nitrogens with zero attached hydrogens (tertiary/aromatic N) is 2. The van der Waals surface area contributed by atoms with Gasteiger partial charge in [0.25, 0.3) is 0 Å². The molecule has 0 radical (unpaired) electrons. The minimum Gasteiger partial charge on any atom is -0.350 e. The maximum Gasteiger partial charge on any atom is 0.0731 e. The van der Waals surface area contributed by atoms with Crippen molar-refractivity contribution in [2.24, 2.45) is 7.05 Å². The summed E-state index contributed by atoms with van der Waals surface area (Å²) in [6.07, 6.45) is 2.15. The van der Waals surface area contributed by atoms with Crippen molar-refractivity contribution >= 4 is 37.7 Å². The summed E-state index contributed by atoms with van der Waals surface area (Å²) in [5.41, 5.74) is 4.42. The predicted octanol–water partition coefficient (Wildman–Crippen LogP) is 5.16. The first-order valence-corrected chi connectivity index (χ1v) is 7.62. The van der Waals surface area contributed by atoms with Gasteiger partial charge in [0.05, 0.1) is 11.2 Å².